The minimum absolute atomic E-state index is 0.852. The van der Waals surface area contributed by atoms with Gasteiger partial charge in [0.2, 0.25) is 11.6 Å². The smallest absolute Gasteiger partial charge is 0.219 e. The van der Waals surface area contributed by atoms with E-state index in [1.54, 1.807) is 12.3 Å². The summed E-state index contributed by atoms with van der Waals surface area (Å²) in [6.07, 6.45) is 17.5. The topological polar surface area (TPSA) is 56.8 Å². The molecular weight excluding hydrogens is 482 g/mol. The molecule has 0 saturated carbocycles. The zero-order valence-corrected chi connectivity index (χ0v) is 21.4. The lowest BCUT2D eigenvalue weighted by Crippen LogP contribution is -1.95. The van der Waals surface area contributed by atoms with E-state index >= 15 is 0 Å². The molecule has 39 heavy (non-hydrogen) atoms. The molecular formula is C32H25N7. The number of rotatable bonds is 6. The summed E-state index contributed by atoms with van der Waals surface area (Å²) >= 11 is 0. The number of imidazole rings is 4. The van der Waals surface area contributed by atoms with Crippen molar-refractivity contribution in [2.45, 2.75) is 6.92 Å². The van der Waals surface area contributed by atoms with E-state index in [0.717, 1.165) is 56.1 Å². The van der Waals surface area contributed by atoms with E-state index in [0.29, 0.717) is 0 Å². The van der Waals surface area contributed by atoms with Crippen LogP contribution in [0.3, 0.4) is 0 Å². The fourth-order valence-electron chi connectivity index (χ4n) is 5.10. The average Bonchev–Trinajstić information content (AvgIpc) is 3.72. The molecule has 7 rings (SSSR count). The van der Waals surface area contributed by atoms with Gasteiger partial charge >= 0.3 is 0 Å². The second-order valence-corrected chi connectivity index (χ2v) is 9.23. The standard InChI is InChI=1S/C32H25N7/c1-3-8-24(22-33-15-4-2)23-9-7-10-25(20-23)36-17-19-39-30-21-26(13-14-28(30)35-32(36)39)37-16-18-38-29-12-6-5-11-27(29)34-31(37)38/h3-22H,2H2,1H3/b8-3+,24-22+,33-15?. The Balaban J connectivity index is 1.32. The molecule has 7 nitrogen and oxygen atoms in total. The highest BCUT2D eigenvalue weighted by Gasteiger charge is 2.14. The molecule has 0 bridgehead atoms. The Morgan fingerprint density at radius 3 is 2.26 bits per heavy atom. The summed E-state index contributed by atoms with van der Waals surface area (Å²) in [6.45, 7) is 5.70. The first-order valence-corrected chi connectivity index (χ1v) is 12.8. The summed E-state index contributed by atoms with van der Waals surface area (Å²) in [5, 5.41) is 0. The molecule has 0 aliphatic rings. The summed E-state index contributed by atoms with van der Waals surface area (Å²) in [7, 11) is 0. The van der Waals surface area contributed by atoms with Gasteiger partial charge in [0.05, 0.1) is 27.8 Å². The van der Waals surface area contributed by atoms with Crippen molar-refractivity contribution < 1.29 is 0 Å². The molecule has 0 aliphatic carbocycles. The second-order valence-electron chi connectivity index (χ2n) is 9.23. The maximum absolute atomic E-state index is 4.98. The third kappa shape index (κ3) is 3.71. The van der Waals surface area contributed by atoms with Gasteiger partial charge in [0, 0.05) is 42.9 Å². The van der Waals surface area contributed by atoms with E-state index in [9.17, 15) is 0 Å². The van der Waals surface area contributed by atoms with E-state index in [1.165, 1.54) is 0 Å². The fourth-order valence-corrected chi connectivity index (χ4v) is 5.10. The van der Waals surface area contributed by atoms with Gasteiger partial charge in [-0.1, -0.05) is 49.1 Å². The lowest BCUT2D eigenvalue weighted by molar-refractivity contribution is 1.07. The Bertz CT molecular complexity index is 2110. The zero-order chi connectivity index (χ0) is 26.3. The predicted octanol–water partition coefficient (Wildman–Crippen LogP) is 7.04. The summed E-state index contributed by atoms with van der Waals surface area (Å²) in [6, 6.07) is 22.9. The number of allylic oxidation sites excluding steroid dienone is 4. The lowest BCUT2D eigenvalue weighted by atomic mass is 10.1. The first-order valence-electron chi connectivity index (χ1n) is 12.8. The highest BCUT2D eigenvalue weighted by Crippen LogP contribution is 2.27. The fraction of sp³-hybridized carbons (Fsp3) is 0.0312. The van der Waals surface area contributed by atoms with Crippen molar-refractivity contribution in [3.8, 4) is 11.4 Å². The van der Waals surface area contributed by atoms with Crippen LogP contribution in [0.1, 0.15) is 12.5 Å². The summed E-state index contributed by atoms with van der Waals surface area (Å²) in [5.74, 6) is 1.73. The number of fused-ring (bicyclic) bond motifs is 6. The summed E-state index contributed by atoms with van der Waals surface area (Å²) in [5.41, 5.74) is 8.19. The lowest BCUT2D eigenvalue weighted by Gasteiger charge is -2.07. The Kier molecular flexibility index (Phi) is 5.33. The van der Waals surface area contributed by atoms with E-state index in [4.69, 9.17) is 9.97 Å². The third-order valence-electron chi connectivity index (χ3n) is 6.88. The summed E-state index contributed by atoms with van der Waals surface area (Å²) < 4.78 is 8.47. The number of aliphatic imine (C=N–C) groups is 1. The number of hydrogen-bond donors (Lipinski definition) is 0. The number of para-hydroxylation sites is 2. The van der Waals surface area contributed by atoms with E-state index in [1.807, 2.05) is 37.4 Å². The van der Waals surface area contributed by atoms with Crippen molar-refractivity contribution in [1.82, 2.24) is 27.9 Å². The monoisotopic (exact) mass is 507 g/mol. The molecule has 0 unspecified atom stereocenters. The molecule has 7 heteroatoms. The van der Waals surface area contributed by atoms with Crippen molar-refractivity contribution in [2.75, 3.05) is 0 Å². The minimum Gasteiger partial charge on any atom is -0.286 e. The van der Waals surface area contributed by atoms with Crippen LogP contribution in [0.4, 0.5) is 0 Å². The van der Waals surface area contributed by atoms with Crippen molar-refractivity contribution in [2.24, 2.45) is 4.99 Å². The first-order chi connectivity index (χ1) is 19.2. The number of nitrogens with zero attached hydrogens (tertiary/aromatic N) is 7. The van der Waals surface area contributed by atoms with Crippen LogP contribution < -0.4 is 0 Å². The SMILES string of the molecule is C=CC=N/C=C(\C=C\C)c1cccc(-n2ccn3c4cc(-n5ccn6c7ccccc7nc56)ccc4nc23)c1. The average molecular weight is 508 g/mol. The minimum atomic E-state index is 0.852. The maximum Gasteiger partial charge on any atom is 0.219 e. The Morgan fingerprint density at radius 1 is 0.769 bits per heavy atom. The van der Waals surface area contributed by atoms with Gasteiger partial charge in [-0.05, 0) is 60.5 Å². The second kappa shape index (κ2) is 9.15. The molecule has 0 saturated heterocycles. The van der Waals surface area contributed by atoms with Crippen LogP contribution in [-0.2, 0) is 0 Å². The van der Waals surface area contributed by atoms with Gasteiger partial charge in [-0.25, -0.2) is 9.97 Å². The predicted molar refractivity (Wildman–Crippen MR) is 159 cm³/mol. The molecule has 4 aromatic heterocycles. The molecule has 3 aromatic carbocycles. The van der Waals surface area contributed by atoms with Crippen LogP contribution in [0.2, 0.25) is 0 Å². The van der Waals surface area contributed by atoms with Crippen LogP contribution in [0.15, 0.2) is 128 Å². The molecule has 4 heterocycles. The molecule has 0 radical (unpaired) electrons. The molecule has 0 amide bonds. The van der Waals surface area contributed by atoms with Gasteiger partial charge in [0.25, 0.3) is 0 Å². The number of hydrogen-bond acceptors (Lipinski definition) is 3. The van der Waals surface area contributed by atoms with Crippen molar-refractivity contribution in [3.63, 3.8) is 0 Å². The quantitative estimate of drug-likeness (QED) is 0.179. The molecule has 0 fully saturated rings. The normalized spacial score (nSPS) is 12.8. The van der Waals surface area contributed by atoms with Crippen LogP contribution >= 0.6 is 0 Å². The highest BCUT2D eigenvalue weighted by molar-refractivity contribution is 5.84. The molecule has 188 valence electrons. The van der Waals surface area contributed by atoms with Gasteiger partial charge in [0.1, 0.15) is 0 Å². The molecule has 0 N–H and O–H groups in total. The number of aromatic nitrogens is 6. The Morgan fingerprint density at radius 2 is 1.49 bits per heavy atom. The van der Waals surface area contributed by atoms with Crippen molar-refractivity contribution in [1.29, 1.82) is 0 Å². The number of benzene rings is 3. The first kappa shape index (κ1) is 22.7. The van der Waals surface area contributed by atoms with Gasteiger partial charge in [-0.15, -0.1) is 0 Å². The largest absolute Gasteiger partial charge is 0.286 e. The molecule has 0 spiro atoms. The van der Waals surface area contributed by atoms with Crippen molar-refractivity contribution >= 4 is 45.4 Å². The van der Waals surface area contributed by atoms with Crippen molar-refractivity contribution in [3.05, 3.63) is 128 Å². The molecule has 7 aromatic rings. The zero-order valence-electron chi connectivity index (χ0n) is 21.4. The van der Waals surface area contributed by atoms with Crippen LogP contribution in [0.25, 0.3) is 50.6 Å². The molecule has 0 atom stereocenters. The van der Waals surface area contributed by atoms with Crippen LogP contribution in [0.5, 0.6) is 0 Å². The van der Waals surface area contributed by atoms with Gasteiger partial charge in [0.15, 0.2) is 0 Å². The van der Waals surface area contributed by atoms with Gasteiger partial charge < -0.3 is 0 Å². The third-order valence-corrected chi connectivity index (χ3v) is 6.88. The van der Waals surface area contributed by atoms with E-state index in [-0.39, 0.29) is 0 Å². The van der Waals surface area contributed by atoms with Crippen LogP contribution in [-0.4, -0.2) is 34.1 Å². The van der Waals surface area contributed by atoms with E-state index in [2.05, 4.69) is 109 Å². The highest BCUT2D eigenvalue weighted by atomic mass is 15.2. The maximum atomic E-state index is 4.98. The van der Waals surface area contributed by atoms with Gasteiger partial charge in [-0.2, -0.15) is 0 Å². The van der Waals surface area contributed by atoms with E-state index < -0.39 is 0 Å². The molecule has 0 aliphatic heterocycles. The Labute approximate surface area is 224 Å². The van der Waals surface area contributed by atoms with Gasteiger partial charge in [-0.3, -0.25) is 22.9 Å². The van der Waals surface area contributed by atoms with Crippen LogP contribution in [0, 0.1) is 0 Å². The Hall–Kier alpha value is -5.43. The summed E-state index contributed by atoms with van der Waals surface area (Å²) in [4.78, 5) is 14.2.